The molecule has 0 amide bonds. The molecule has 3 nitrogen and oxygen atoms in total. The molecule has 0 aliphatic heterocycles. The average molecular weight is 273 g/mol. The maximum absolute atomic E-state index is 10.6. The predicted octanol–water partition coefficient (Wildman–Crippen LogP) is 3.32. The van der Waals surface area contributed by atoms with Gasteiger partial charge in [0.15, 0.2) is 0 Å². The van der Waals surface area contributed by atoms with E-state index < -0.39 is 5.97 Å². The third-order valence-corrected chi connectivity index (χ3v) is 4.61. The van der Waals surface area contributed by atoms with E-state index in [0.29, 0.717) is 0 Å². The lowest BCUT2D eigenvalue weighted by Crippen LogP contribution is -1.99. The molecule has 19 heavy (non-hydrogen) atoms. The lowest BCUT2D eigenvalue weighted by Gasteiger charge is -2.06. The third-order valence-electron chi connectivity index (χ3n) is 3.40. The van der Waals surface area contributed by atoms with E-state index in [0.717, 1.165) is 29.0 Å². The Balaban J connectivity index is 1.85. The fourth-order valence-corrected chi connectivity index (χ4v) is 3.57. The van der Waals surface area contributed by atoms with Gasteiger partial charge in [0.1, 0.15) is 5.01 Å². The van der Waals surface area contributed by atoms with Crippen LogP contribution >= 0.6 is 11.3 Å². The summed E-state index contributed by atoms with van der Waals surface area (Å²) < 4.78 is 0. The van der Waals surface area contributed by atoms with Crippen LogP contribution in [0.15, 0.2) is 24.3 Å². The van der Waals surface area contributed by atoms with Gasteiger partial charge in [-0.2, -0.15) is 0 Å². The molecule has 1 aromatic heterocycles. The molecular weight excluding hydrogens is 258 g/mol. The predicted molar refractivity (Wildman–Crippen MR) is 75.5 cm³/mol. The smallest absolute Gasteiger partial charge is 0.307 e. The number of aryl methyl sites for hydroxylation is 2. The van der Waals surface area contributed by atoms with E-state index >= 15 is 0 Å². The van der Waals surface area contributed by atoms with Crippen molar-refractivity contribution in [1.82, 2.24) is 4.98 Å². The number of hydrogen-bond donors (Lipinski definition) is 1. The zero-order valence-corrected chi connectivity index (χ0v) is 11.4. The first kappa shape index (κ1) is 12.4. The highest BCUT2D eigenvalue weighted by Gasteiger charge is 2.15. The normalized spacial score (nSPS) is 14.1. The Morgan fingerprint density at radius 3 is 2.63 bits per heavy atom. The third kappa shape index (κ3) is 2.68. The van der Waals surface area contributed by atoms with Crippen molar-refractivity contribution < 1.29 is 9.90 Å². The molecule has 3 rings (SSSR count). The van der Waals surface area contributed by atoms with Crippen LogP contribution in [0.25, 0.3) is 10.6 Å². The molecule has 2 aromatic rings. The van der Waals surface area contributed by atoms with Crippen LogP contribution in [-0.2, 0) is 24.1 Å². The summed E-state index contributed by atoms with van der Waals surface area (Å²) in [6, 6.07) is 7.71. The summed E-state index contributed by atoms with van der Waals surface area (Å²) in [5.74, 6) is -0.794. The minimum Gasteiger partial charge on any atom is -0.481 e. The second kappa shape index (κ2) is 5.13. The number of rotatable bonds is 3. The monoisotopic (exact) mass is 273 g/mol. The van der Waals surface area contributed by atoms with Gasteiger partial charge in [-0.25, -0.2) is 4.98 Å². The molecule has 1 heterocycles. The molecule has 0 atom stereocenters. The Morgan fingerprint density at radius 2 is 1.95 bits per heavy atom. The first-order valence-electron chi connectivity index (χ1n) is 6.52. The quantitative estimate of drug-likeness (QED) is 0.933. The van der Waals surface area contributed by atoms with Crippen molar-refractivity contribution in [2.75, 3.05) is 0 Å². The molecule has 4 heteroatoms. The molecule has 0 spiro atoms. The highest BCUT2D eigenvalue weighted by Crippen LogP contribution is 2.32. The number of aliphatic carboxylic acids is 1. The summed E-state index contributed by atoms with van der Waals surface area (Å²) in [6.07, 6.45) is 4.85. The SMILES string of the molecule is O=C(O)Cc1ccc(-c2nc3c(s2)CCCC3)cc1. The Bertz CT molecular complexity index is 578. The summed E-state index contributed by atoms with van der Waals surface area (Å²) in [7, 11) is 0. The van der Waals surface area contributed by atoms with Crippen molar-refractivity contribution in [3.05, 3.63) is 40.4 Å². The first-order valence-corrected chi connectivity index (χ1v) is 7.34. The lowest BCUT2D eigenvalue weighted by atomic mass is 10.0. The van der Waals surface area contributed by atoms with Gasteiger partial charge in [0.05, 0.1) is 12.1 Å². The van der Waals surface area contributed by atoms with Gasteiger partial charge in [-0.3, -0.25) is 4.79 Å². The first-order chi connectivity index (χ1) is 9.22. The Kier molecular flexibility index (Phi) is 3.34. The Morgan fingerprint density at radius 1 is 1.21 bits per heavy atom. The number of benzene rings is 1. The standard InChI is InChI=1S/C15H15NO2S/c17-14(18)9-10-5-7-11(8-6-10)15-16-12-3-1-2-4-13(12)19-15/h5-8H,1-4,9H2,(H,17,18). The molecule has 1 N–H and O–H groups in total. The van der Waals surface area contributed by atoms with E-state index in [1.54, 1.807) is 11.3 Å². The molecule has 0 saturated heterocycles. The van der Waals surface area contributed by atoms with Gasteiger partial charge in [0.2, 0.25) is 0 Å². The molecule has 1 aliphatic carbocycles. The molecule has 0 bridgehead atoms. The van der Waals surface area contributed by atoms with E-state index in [2.05, 4.69) is 0 Å². The summed E-state index contributed by atoms with van der Waals surface area (Å²) >= 11 is 1.78. The van der Waals surface area contributed by atoms with E-state index in [-0.39, 0.29) is 6.42 Å². The van der Waals surface area contributed by atoms with E-state index in [4.69, 9.17) is 10.1 Å². The van der Waals surface area contributed by atoms with Crippen molar-refractivity contribution in [1.29, 1.82) is 0 Å². The van der Waals surface area contributed by atoms with Gasteiger partial charge in [0, 0.05) is 10.4 Å². The van der Waals surface area contributed by atoms with Crippen molar-refractivity contribution in [3.8, 4) is 10.6 Å². The van der Waals surface area contributed by atoms with Crippen LogP contribution in [0.1, 0.15) is 29.0 Å². The molecule has 98 valence electrons. The van der Waals surface area contributed by atoms with Gasteiger partial charge in [-0.15, -0.1) is 11.3 Å². The summed E-state index contributed by atoms with van der Waals surface area (Å²) in [5.41, 5.74) is 3.19. The number of carboxylic acid groups (broad SMARTS) is 1. The van der Waals surface area contributed by atoms with E-state index in [1.165, 1.54) is 23.4 Å². The topological polar surface area (TPSA) is 50.2 Å². The van der Waals surface area contributed by atoms with Crippen LogP contribution in [-0.4, -0.2) is 16.1 Å². The minimum atomic E-state index is -0.794. The molecule has 1 aliphatic rings. The highest BCUT2D eigenvalue weighted by molar-refractivity contribution is 7.15. The summed E-state index contributed by atoms with van der Waals surface area (Å²) in [4.78, 5) is 16.8. The van der Waals surface area contributed by atoms with E-state index in [1.807, 2.05) is 24.3 Å². The van der Waals surface area contributed by atoms with Gasteiger partial charge in [-0.05, 0) is 31.2 Å². The van der Waals surface area contributed by atoms with Crippen LogP contribution in [0.3, 0.4) is 0 Å². The molecule has 0 unspecified atom stereocenters. The summed E-state index contributed by atoms with van der Waals surface area (Å²) in [5, 5.41) is 9.82. The lowest BCUT2D eigenvalue weighted by molar-refractivity contribution is -0.136. The molecular formula is C15H15NO2S. The van der Waals surface area contributed by atoms with Crippen molar-refractivity contribution in [3.63, 3.8) is 0 Å². The largest absolute Gasteiger partial charge is 0.481 e. The van der Waals surface area contributed by atoms with Crippen LogP contribution in [0.5, 0.6) is 0 Å². The molecule has 0 radical (unpaired) electrons. The minimum absolute atomic E-state index is 0.0780. The number of fused-ring (bicyclic) bond motifs is 1. The molecule has 1 aromatic carbocycles. The van der Waals surface area contributed by atoms with Crippen molar-refractivity contribution >= 4 is 17.3 Å². The maximum atomic E-state index is 10.6. The van der Waals surface area contributed by atoms with Gasteiger partial charge >= 0.3 is 5.97 Å². The average Bonchev–Trinajstić information content (AvgIpc) is 2.82. The number of hydrogen-bond acceptors (Lipinski definition) is 3. The zero-order valence-electron chi connectivity index (χ0n) is 10.6. The number of nitrogens with zero attached hydrogens (tertiary/aromatic N) is 1. The molecule has 0 fully saturated rings. The van der Waals surface area contributed by atoms with Crippen LogP contribution in [0.2, 0.25) is 0 Å². The summed E-state index contributed by atoms with van der Waals surface area (Å²) in [6.45, 7) is 0. The number of carbonyl (C=O) groups is 1. The fourth-order valence-electron chi connectivity index (χ4n) is 2.42. The van der Waals surface area contributed by atoms with Crippen LogP contribution in [0, 0.1) is 0 Å². The second-order valence-electron chi connectivity index (χ2n) is 4.86. The van der Waals surface area contributed by atoms with Crippen molar-refractivity contribution in [2.24, 2.45) is 0 Å². The fraction of sp³-hybridized carbons (Fsp3) is 0.333. The number of thiazole rings is 1. The van der Waals surface area contributed by atoms with E-state index in [9.17, 15) is 4.79 Å². The van der Waals surface area contributed by atoms with Crippen molar-refractivity contribution in [2.45, 2.75) is 32.1 Å². The van der Waals surface area contributed by atoms with Gasteiger partial charge in [-0.1, -0.05) is 24.3 Å². The van der Waals surface area contributed by atoms with Gasteiger partial charge < -0.3 is 5.11 Å². The second-order valence-corrected chi connectivity index (χ2v) is 5.95. The zero-order chi connectivity index (χ0) is 13.2. The Hall–Kier alpha value is -1.68. The number of aromatic nitrogens is 1. The highest BCUT2D eigenvalue weighted by atomic mass is 32.1. The van der Waals surface area contributed by atoms with Crippen LogP contribution < -0.4 is 0 Å². The molecule has 0 saturated carbocycles. The maximum Gasteiger partial charge on any atom is 0.307 e. The van der Waals surface area contributed by atoms with Crippen LogP contribution in [0.4, 0.5) is 0 Å². The Labute approximate surface area is 115 Å². The van der Waals surface area contributed by atoms with Gasteiger partial charge in [0.25, 0.3) is 0 Å². The number of carboxylic acids is 1.